The summed E-state index contributed by atoms with van der Waals surface area (Å²) in [6, 6.07) is 11.7. The molecule has 0 bridgehead atoms. The fraction of sp³-hybridized carbons (Fsp3) is 0.105. The molecule has 28 heavy (non-hydrogen) atoms. The van der Waals surface area contributed by atoms with Gasteiger partial charge < -0.3 is 9.47 Å². The van der Waals surface area contributed by atoms with Gasteiger partial charge in [0.25, 0.3) is 5.56 Å². The lowest BCUT2D eigenvalue weighted by Crippen LogP contribution is -2.10. The van der Waals surface area contributed by atoms with Crippen LogP contribution in [0.15, 0.2) is 63.0 Å². The molecule has 0 aliphatic heterocycles. The van der Waals surface area contributed by atoms with E-state index in [-0.39, 0.29) is 22.5 Å². The lowest BCUT2D eigenvalue weighted by molar-refractivity contribution is 0.279. The van der Waals surface area contributed by atoms with Crippen molar-refractivity contribution in [3.8, 4) is 11.5 Å². The Hall–Kier alpha value is -3.20. The van der Waals surface area contributed by atoms with Crippen molar-refractivity contribution in [3.05, 3.63) is 80.4 Å². The van der Waals surface area contributed by atoms with E-state index in [9.17, 15) is 9.18 Å². The molecular formula is C19H16BrFN4O3. The molecule has 0 unspecified atom stereocenters. The van der Waals surface area contributed by atoms with E-state index >= 15 is 0 Å². The lowest BCUT2D eigenvalue weighted by Gasteiger charge is -2.13. The predicted octanol–water partition coefficient (Wildman–Crippen LogP) is 3.71. The fourth-order valence-electron chi connectivity index (χ4n) is 2.35. The van der Waals surface area contributed by atoms with Gasteiger partial charge in [-0.2, -0.15) is 10.2 Å². The number of benzene rings is 2. The van der Waals surface area contributed by atoms with Crippen molar-refractivity contribution >= 4 is 27.8 Å². The second-order valence-corrected chi connectivity index (χ2v) is 6.35. The number of hydrogen-bond acceptors (Lipinski definition) is 6. The highest BCUT2D eigenvalue weighted by atomic mass is 79.9. The summed E-state index contributed by atoms with van der Waals surface area (Å²) in [7, 11) is 1.52. The van der Waals surface area contributed by atoms with Gasteiger partial charge in [-0.15, -0.1) is 0 Å². The number of hydrazone groups is 1. The number of methoxy groups -OCH3 is 1. The summed E-state index contributed by atoms with van der Waals surface area (Å²) < 4.78 is 25.3. The first-order valence-electron chi connectivity index (χ1n) is 8.15. The van der Waals surface area contributed by atoms with Crippen LogP contribution in [-0.2, 0) is 6.61 Å². The van der Waals surface area contributed by atoms with Crippen LogP contribution in [0.3, 0.4) is 0 Å². The van der Waals surface area contributed by atoms with Crippen molar-refractivity contribution in [2.75, 3.05) is 12.5 Å². The maximum absolute atomic E-state index is 13.9. The van der Waals surface area contributed by atoms with E-state index < -0.39 is 0 Å². The minimum Gasteiger partial charge on any atom is -0.493 e. The predicted molar refractivity (Wildman–Crippen MR) is 108 cm³/mol. The Morgan fingerprint density at radius 2 is 2.11 bits per heavy atom. The van der Waals surface area contributed by atoms with Crippen LogP contribution in [0.2, 0.25) is 0 Å². The molecule has 0 fully saturated rings. The minimum absolute atomic E-state index is 0.0326. The molecule has 0 aliphatic rings. The van der Waals surface area contributed by atoms with E-state index in [4.69, 9.17) is 9.47 Å². The summed E-state index contributed by atoms with van der Waals surface area (Å²) in [6.07, 6.45) is 2.93. The molecule has 2 N–H and O–H groups in total. The van der Waals surface area contributed by atoms with Gasteiger partial charge in [-0.3, -0.25) is 10.2 Å². The van der Waals surface area contributed by atoms with Gasteiger partial charge in [-0.05, 0) is 34.1 Å². The lowest BCUT2D eigenvalue weighted by atomic mass is 10.2. The Morgan fingerprint density at radius 1 is 1.29 bits per heavy atom. The van der Waals surface area contributed by atoms with Gasteiger partial charge in [0.05, 0.1) is 25.2 Å². The molecule has 0 saturated heterocycles. The average Bonchev–Trinajstić information content (AvgIpc) is 2.71. The molecule has 1 heterocycles. The number of nitrogens with one attached hydrogen (secondary N) is 2. The van der Waals surface area contributed by atoms with Crippen LogP contribution in [0.1, 0.15) is 11.1 Å². The fourth-order valence-corrected chi connectivity index (χ4v) is 2.63. The zero-order valence-corrected chi connectivity index (χ0v) is 16.4. The quantitative estimate of drug-likeness (QED) is 0.426. The molecule has 0 radical (unpaired) electrons. The number of nitrogens with zero attached hydrogens (tertiary/aromatic N) is 2. The summed E-state index contributed by atoms with van der Waals surface area (Å²) in [4.78, 5) is 11.5. The number of aromatic amines is 1. The molecule has 2 aromatic carbocycles. The van der Waals surface area contributed by atoms with Crippen molar-refractivity contribution in [2.24, 2.45) is 5.10 Å². The topological polar surface area (TPSA) is 88.6 Å². The van der Waals surface area contributed by atoms with Gasteiger partial charge in [-0.25, -0.2) is 9.49 Å². The van der Waals surface area contributed by atoms with E-state index in [2.05, 4.69) is 36.7 Å². The molecule has 0 amide bonds. The summed E-state index contributed by atoms with van der Waals surface area (Å²) in [5.41, 5.74) is 3.79. The minimum atomic E-state index is -0.379. The average molecular weight is 447 g/mol. The van der Waals surface area contributed by atoms with Gasteiger partial charge in [-0.1, -0.05) is 24.3 Å². The third kappa shape index (κ3) is 4.55. The molecule has 9 heteroatoms. The Morgan fingerprint density at radius 3 is 2.89 bits per heavy atom. The van der Waals surface area contributed by atoms with Crippen molar-refractivity contribution in [1.29, 1.82) is 0 Å². The third-order valence-corrected chi connectivity index (χ3v) is 4.53. The second-order valence-electron chi connectivity index (χ2n) is 5.56. The Balaban J connectivity index is 1.81. The highest BCUT2D eigenvalue weighted by Crippen LogP contribution is 2.31. The van der Waals surface area contributed by atoms with Crippen LogP contribution >= 0.6 is 15.9 Å². The molecule has 0 aliphatic carbocycles. The van der Waals surface area contributed by atoms with Gasteiger partial charge in [0.15, 0.2) is 11.5 Å². The zero-order valence-electron chi connectivity index (χ0n) is 14.8. The summed E-state index contributed by atoms with van der Waals surface area (Å²) in [5.74, 6) is 0.558. The third-order valence-electron chi connectivity index (χ3n) is 3.74. The summed E-state index contributed by atoms with van der Waals surface area (Å²) in [5, 5.41) is 10.1. The number of H-pyrrole nitrogens is 1. The highest BCUT2D eigenvalue weighted by molar-refractivity contribution is 9.10. The molecule has 3 aromatic rings. The monoisotopic (exact) mass is 446 g/mol. The standard InChI is InChI=1S/C19H16BrFN4O3/c1-27-16-8-4-6-12(9-22-24-15-10-23-25-19(26)17(15)20)18(16)28-11-13-5-2-3-7-14(13)21/h2-10H,11H2,1H3,(H2,24,25,26)/b22-9-. The maximum Gasteiger partial charge on any atom is 0.280 e. The molecule has 0 spiro atoms. The number of hydrogen-bond donors (Lipinski definition) is 2. The molecule has 0 saturated carbocycles. The number of anilines is 1. The number of halogens is 2. The molecule has 7 nitrogen and oxygen atoms in total. The molecule has 0 atom stereocenters. The first-order valence-corrected chi connectivity index (χ1v) is 8.95. The van der Waals surface area contributed by atoms with Crippen molar-refractivity contribution < 1.29 is 13.9 Å². The van der Waals surface area contributed by atoms with Crippen LogP contribution in [0, 0.1) is 5.82 Å². The second kappa shape index (κ2) is 9.14. The van der Waals surface area contributed by atoms with E-state index in [1.54, 1.807) is 36.4 Å². The zero-order chi connectivity index (χ0) is 19.9. The van der Waals surface area contributed by atoms with Crippen molar-refractivity contribution in [3.63, 3.8) is 0 Å². The number of ether oxygens (including phenoxy) is 2. The molecule has 144 valence electrons. The first-order chi connectivity index (χ1) is 13.6. The maximum atomic E-state index is 13.9. The largest absolute Gasteiger partial charge is 0.493 e. The van der Waals surface area contributed by atoms with E-state index in [0.717, 1.165) is 0 Å². The van der Waals surface area contributed by atoms with E-state index in [1.165, 1.54) is 25.6 Å². The van der Waals surface area contributed by atoms with E-state index in [0.29, 0.717) is 28.3 Å². The number of aromatic nitrogens is 2. The molecule has 3 rings (SSSR count). The number of para-hydroxylation sites is 1. The van der Waals surface area contributed by atoms with Crippen molar-refractivity contribution in [1.82, 2.24) is 10.2 Å². The van der Waals surface area contributed by atoms with Gasteiger partial charge in [0.1, 0.15) is 16.9 Å². The molecular weight excluding hydrogens is 431 g/mol. The van der Waals surface area contributed by atoms with Crippen molar-refractivity contribution in [2.45, 2.75) is 6.61 Å². The van der Waals surface area contributed by atoms with Crippen LogP contribution in [0.4, 0.5) is 10.1 Å². The smallest absolute Gasteiger partial charge is 0.280 e. The molecule has 1 aromatic heterocycles. The van der Waals surface area contributed by atoms with E-state index in [1.807, 2.05) is 0 Å². The van der Waals surface area contributed by atoms with Crippen LogP contribution in [-0.4, -0.2) is 23.5 Å². The number of rotatable bonds is 7. The first kappa shape index (κ1) is 19.6. The normalized spacial score (nSPS) is 10.8. The van der Waals surface area contributed by atoms with Gasteiger partial charge in [0.2, 0.25) is 0 Å². The highest BCUT2D eigenvalue weighted by Gasteiger charge is 2.11. The van der Waals surface area contributed by atoms with Gasteiger partial charge in [0, 0.05) is 11.1 Å². The SMILES string of the molecule is COc1cccc(/C=N\Nc2cn[nH]c(=O)c2Br)c1OCc1ccccc1F. The summed E-state index contributed by atoms with van der Waals surface area (Å²) in [6.45, 7) is 0.0326. The Kier molecular flexibility index (Phi) is 6.38. The summed E-state index contributed by atoms with van der Waals surface area (Å²) >= 11 is 3.16. The van der Waals surface area contributed by atoms with Crippen LogP contribution in [0.5, 0.6) is 11.5 Å². The Labute approximate surface area is 168 Å². The van der Waals surface area contributed by atoms with Crippen LogP contribution in [0.25, 0.3) is 0 Å². The Bertz CT molecular complexity index is 1060. The van der Waals surface area contributed by atoms with Gasteiger partial charge >= 0.3 is 0 Å². The van der Waals surface area contributed by atoms with Crippen LogP contribution < -0.4 is 20.5 Å².